The largest absolute Gasteiger partial charge is 0.502 e. The Labute approximate surface area is 90.4 Å². The van der Waals surface area contributed by atoms with Gasteiger partial charge >= 0.3 is 5.69 Å². The molecule has 1 aromatic carbocycles. The minimum Gasteiger partial charge on any atom is -0.502 e. The predicted octanol–water partition coefficient (Wildman–Crippen LogP) is 2.62. The van der Waals surface area contributed by atoms with Crippen molar-refractivity contribution in [3.63, 3.8) is 0 Å². The van der Waals surface area contributed by atoms with Gasteiger partial charge in [-0.15, -0.1) is 0 Å². The third kappa shape index (κ3) is 3.00. The third-order valence-electron chi connectivity index (χ3n) is 1.76. The van der Waals surface area contributed by atoms with Gasteiger partial charge in [0.15, 0.2) is 5.75 Å². The van der Waals surface area contributed by atoms with Gasteiger partial charge in [0.25, 0.3) is 0 Å². The lowest BCUT2D eigenvalue weighted by molar-refractivity contribution is -0.385. The number of azide groups is 1. The molecule has 0 heterocycles. The summed E-state index contributed by atoms with van der Waals surface area (Å²) in [6, 6.07) is 3.97. The molecule has 0 fully saturated rings. The fraction of sp³-hybridized carbons (Fsp3) is 0.111. The van der Waals surface area contributed by atoms with Crippen molar-refractivity contribution in [2.24, 2.45) is 5.11 Å². The van der Waals surface area contributed by atoms with Gasteiger partial charge in [-0.05, 0) is 23.2 Å². The second-order valence-electron chi connectivity index (χ2n) is 2.82. The van der Waals surface area contributed by atoms with Crippen LogP contribution in [-0.2, 0) is 0 Å². The zero-order valence-corrected chi connectivity index (χ0v) is 8.15. The molecule has 16 heavy (non-hydrogen) atoms. The lowest BCUT2D eigenvalue weighted by Gasteiger charge is -1.97. The molecule has 1 N–H and O–H groups in total. The number of hydrogen-bond donors (Lipinski definition) is 1. The van der Waals surface area contributed by atoms with Crippen molar-refractivity contribution in [1.29, 1.82) is 0 Å². The highest BCUT2D eigenvalue weighted by atomic mass is 16.6. The Morgan fingerprint density at radius 2 is 2.38 bits per heavy atom. The normalized spacial score (nSPS) is 10.0. The molecule has 0 amide bonds. The standard InChI is InChI=1S/C9H8N4O3/c10-12-11-5-1-2-7-3-4-8(13(15)16)9(14)6-7/h1-4,6,14H,5H2. The Morgan fingerprint density at radius 1 is 1.62 bits per heavy atom. The van der Waals surface area contributed by atoms with Crippen molar-refractivity contribution in [2.75, 3.05) is 6.54 Å². The van der Waals surface area contributed by atoms with Crippen molar-refractivity contribution in [2.45, 2.75) is 0 Å². The number of nitrogens with zero attached hydrogens (tertiary/aromatic N) is 4. The number of phenolic OH excluding ortho intramolecular Hbond substituents is 1. The van der Waals surface area contributed by atoms with Crippen molar-refractivity contribution in [1.82, 2.24) is 0 Å². The molecule has 0 saturated heterocycles. The summed E-state index contributed by atoms with van der Waals surface area (Å²) in [6.07, 6.45) is 3.18. The average Bonchev–Trinajstić information content (AvgIpc) is 2.24. The Hall–Kier alpha value is -2.53. The molecule has 7 nitrogen and oxygen atoms in total. The van der Waals surface area contributed by atoms with Gasteiger partial charge in [0.1, 0.15) is 0 Å². The van der Waals surface area contributed by atoms with Crippen LogP contribution in [0.2, 0.25) is 0 Å². The molecule has 7 heteroatoms. The van der Waals surface area contributed by atoms with E-state index in [9.17, 15) is 15.2 Å². The van der Waals surface area contributed by atoms with Crippen molar-refractivity contribution in [3.05, 3.63) is 50.4 Å². The fourth-order valence-corrected chi connectivity index (χ4v) is 1.07. The van der Waals surface area contributed by atoms with E-state index in [1.54, 1.807) is 12.2 Å². The number of hydrogen-bond acceptors (Lipinski definition) is 4. The summed E-state index contributed by atoms with van der Waals surface area (Å²) in [4.78, 5) is 12.3. The van der Waals surface area contributed by atoms with Gasteiger partial charge in [-0.25, -0.2) is 0 Å². The molecular weight excluding hydrogens is 212 g/mol. The first-order valence-corrected chi connectivity index (χ1v) is 4.30. The molecule has 0 atom stereocenters. The molecule has 0 unspecified atom stereocenters. The lowest BCUT2D eigenvalue weighted by atomic mass is 10.2. The highest BCUT2D eigenvalue weighted by molar-refractivity contribution is 5.57. The quantitative estimate of drug-likeness (QED) is 0.276. The van der Waals surface area contributed by atoms with E-state index in [2.05, 4.69) is 10.0 Å². The highest BCUT2D eigenvalue weighted by Gasteiger charge is 2.11. The Morgan fingerprint density at radius 3 is 2.94 bits per heavy atom. The Bertz CT molecular complexity index is 478. The first kappa shape index (κ1) is 11.5. The van der Waals surface area contributed by atoms with Crippen molar-refractivity contribution in [3.8, 4) is 5.75 Å². The molecule has 1 aromatic rings. The monoisotopic (exact) mass is 220 g/mol. The van der Waals surface area contributed by atoms with Crippen LogP contribution in [0.4, 0.5) is 5.69 Å². The van der Waals surface area contributed by atoms with Crippen LogP contribution in [0.25, 0.3) is 16.5 Å². The van der Waals surface area contributed by atoms with E-state index >= 15 is 0 Å². The number of nitro groups is 1. The number of aromatic hydroxyl groups is 1. The lowest BCUT2D eigenvalue weighted by Crippen LogP contribution is -1.88. The molecule has 0 bridgehead atoms. The van der Waals surface area contributed by atoms with E-state index in [-0.39, 0.29) is 12.2 Å². The van der Waals surface area contributed by atoms with E-state index in [0.29, 0.717) is 5.56 Å². The van der Waals surface area contributed by atoms with E-state index < -0.39 is 10.7 Å². The van der Waals surface area contributed by atoms with Gasteiger partial charge in [-0.1, -0.05) is 17.3 Å². The zero-order chi connectivity index (χ0) is 12.0. The molecular formula is C9H8N4O3. The minimum absolute atomic E-state index is 0.189. The van der Waals surface area contributed by atoms with E-state index in [4.69, 9.17) is 5.53 Å². The summed E-state index contributed by atoms with van der Waals surface area (Å²) >= 11 is 0. The minimum atomic E-state index is -0.664. The first-order valence-electron chi connectivity index (χ1n) is 4.30. The van der Waals surface area contributed by atoms with Crippen molar-refractivity contribution >= 4 is 11.8 Å². The third-order valence-corrected chi connectivity index (χ3v) is 1.76. The van der Waals surface area contributed by atoms with E-state index in [1.807, 2.05) is 0 Å². The smallest absolute Gasteiger partial charge is 0.310 e. The van der Waals surface area contributed by atoms with E-state index in [0.717, 1.165) is 0 Å². The number of rotatable bonds is 4. The Balaban J connectivity index is 2.85. The van der Waals surface area contributed by atoms with Gasteiger partial charge < -0.3 is 5.11 Å². The molecule has 0 aromatic heterocycles. The van der Waals surface area contributed by atoms with Gasteiger partial charge in [-0.3, -0.25) is 10.1 Å². The first-order chi connectivity index (χ1) is 7.65. The van der Waals surface area contributed by atoms with Crippen LogP contribution in [0.15, 0.2) is 29.4 Å². The summed E-state index contributed by atoms with van der Waals surface area (Å²) < 4.78 is 0. The average molecular weight is 220 g/mol. The predicted molar refractivity (Wildman–Crippen MR) is 57.8 cm³/mol. The number of nitro benzene ring substituents is 1. The summed E-state index contributed by atoms with van der Waals surface area (Å²) in [5.74, 6) is -0.393. The second-order valence-corrected chi connectivity index (χ2v) is 2.82. The zero-order valence-electron chi connectivity index (χ0n) is 8.15. The van der Waals surface area contributed by atoms with Crippen molar-refractivity contribution < 1.29 is 10.0 Å². The van der Waals surface area contributed by atoms with Gasteiger partial charge in [0, 0.05) is 17.5 Å². The summed E-state index contributed by atoms with van der Waals surface area (Å²) in [5, 5.41) is 23.0. The van der Waals surface area contributed by atoms with Crippen LogP contribution < -0.4 is 0 Å². The van der Waals surface area contributed by atoms with Crippen LogP contribution in [0.1, 0.15) is 5.56 Å². The molecule has 0 saturated carbocycles. The number of benzene rings is 1. The van der Waals surface area contributed by atoms with Gasteiger partial charge in [0.2, 0.25) is 0 Å². The fourth-order valence-electron chi connectivity index (χ4n) is 1.07. The summed E-state index contributed by atoms with van der Waals surface area (Å²) in [6.45, 7) is 0.189. The van der Waals surface area contributed by atoms with Crippen LogP contribution in [0, 0.1) is 10.1 Å². The Kier molecular flexibility index (Phi) is 3.88. The molecule has 0 radical (unpaired) electrons. The maximum absolute atomic E-state index is 10.4. The summed E-state index contributed by atoms with van der Waals surface area (Å²) in [5.41, 5.74) is 8.27. The van der Waals surface area contributed by atoms with E-state index in [1.165, 1.54) is 18.2 Å². The van der Waals surface area contributed by atoms with Crippen LogP contribution >= 0.6 is 0 Å². The molecule has 0 spiro atoms. The molecule has 0 aliphatic heterocycles. The maximum Gasteiger partial charge on any atom is 0.310 e. The maximum atomic E-state index is 10.4. The van der Waals surface area contributed by atoms with Crippen LogP contribution in [-0.4, -0.2) is 16.6 Å². The number of phenols is 1. The topological polar surface area (TPSA) is 112 Å². The second kappa shape index (κ2) is 5.38. The highest BCUT2D eigenvalue weighted by Crippen LogP contribution is 2.26. The van der Waals surface area contributed by atoms with Crippen LogP contribution in [0.3, 0.4) is 0 Å². The van der Waals surface area contributed by atoms with Gasteiger partial charge in [-0.2, -0.15) is 0 Å². The molecule has 0 aliphatic carbocycles. The van der Waals surface area contributed by atoms with Crippen LogP contribution in [0.5, 0.6) is 5.75 Å². The molecule has 1 rings (SSSR count). The summed E-state index contributed by atoms with van der Waals surface area (Å²) in [7, 11) is 0. The molecule has 82 valence electrons. The SMILES string of the molecule is [N-]=[N+]=NCC=Cc1ccc([N+](=O)[O-])c(O)c1. The van der Waals surface area contributed by atoms with Gasteiger partial charge in [0.05, 0.1) is 4.92 Å². The molecule has 0 aliphatic rings.